The van der Waals surface area contributed by atoms with Gasteiger partial charge in [0.1, 0.15) is 0 Å². The maximum atomic E-state index is 0. The van der Waals surface area contributed by atoms with Gasteiger partial charge in [-0.3, -0.25) is 0 Å². The van der Waals surface area contributed by atoms with E-state index in [0.29, 0.717) is 0 Å². The minimum Gasteiger partial charge on any atom is -2.00 e. The Balaban J connectivity index is 0. The van der Waals surface area contributed by atoms with Crippen LogP contribution in [0, 0.1) is 76.4 Å². The van der Waals surface area contributed by atoms with Crippen molar-refractivity contribution in [3.8, 4) is 0 Å². The largest absolute Gasteiger partial charge is 3.00 e. The molecule has 0 aromatic carbocycles. The van der Waals surface area contributed by atoms with Crippen LogP contribution in [-0.4, -0.2) is 17.4 Å². The molecule has 0 saturated heterocycles. The van der Waals surface area contributed by atoms with Crippen LogP contribution in [0.2, 0.25) is 0 Å². The fourth-order valence-corrected chi connectivity index (χ4v) is 0. The van der Waals surface area contributed by atoms with E-state index in [1.807, 2.05) is 0 Å². The van der Waals surface area contributed by atoms with Crippen molar-refractivity contribution < 1.29 is 92.9 Å². The molecule has 0 bridgehead atoms. The smallest absolute Gasteiger partial charge is 2.00 e. The fraction of sp³-hybridized carbons (Fsp3) is 0. The van der Waals surface area contributed by atoms with E-state index in [-0.39, 0.29) is 110 Å². The zero-order valence-electron chi connectivity index (χ0n) is 2.88. The first-order valence-electron chi connectivity index (χ1n) is 0. The van der Waals surface area contributed by atoms with E-state index >= 15 is 0 Å². The van der Waals surface area contributed by atoms with E-state index < -0.39 is 0 Å². The molecule has 0 saturated carbocycles. The van der Waals surface area contributed by atoms with E-state index in [9.17, 15) is 0 Å². The Kier molecular flexibility index (Phi) is 476. The Bertz CT molecular complexity index is 10.8. The summed E-state index contributed by atoms with van der Waals surface area (Å²) in [6.07, 6.45) is 0. The van der Waals surface area contributed by atoms with Gasteiger partial charge in [0, 0.05) is 0 Å². The van der Waals surface area contributed by atoms with Crippen LogP contribution in [0.5, 0.6) is 0 Å². The van der Waals surface area contributed by atoms with Crippen molar-refractivity contribution in [1.82, 2.24) is 0 Å². The Hall–Kier alpha value is 2.96. The summed E-state index contributed by atoms with van der Waals surface area (Å²) in [4.78, 5) is 0. The van der Waals surface area contributed by atoms with Gasteiger partial charge >= 0.3 is 93.8 Å². The summed E-state index contributed by atoms with van der Waals surface area (Å²) in [5.41, 5.74) is 0. The van der Waals surface area contributed by atoms with Gasteiger partial charge in [0.15, 0.2) is 0 Å². The van der Waals surface area contributed by atoms with Gasteiger partial charge in [0.2, 0.25) is 0 Å². The van der Waals surface area contributed by atoms with Crippen LogP contribution in [0.3, 0.4) is 0 Å². The Labute approximate surface area is 108 Å². The molecule has 6 heteroatoms. The molecule has 25 valence electrons. The monoisotopic (exact) mass is 356 g/mol. The van der Waals surface area contributed by atoms with Crippen molar-refractivity contribution in [2.45, 2.75) is 0 Å². The summed E-state index contributed by atoms with van der Waals surface area (Å²) in [6.45, 7) is 0. The molecular weight excluding hydrogens is 358 g/mol. The Morgan fingerprint density at radius 1 is 0.667 bits per heavy atom. The van der Waals surface area contributed by atoms with Gasteiger partial charge in [-0.05, 0) is 0 Å². The van der Waals surface area contributed by atoms with Crippen LogP contribution >= 0.6 is 0 Å². The SMILES string of the molecule is [Al+3].[La+3].[Nd+3].[O-2].[O-2].[O-2]. The number of hydrogen-bond donors (Lipinski definition) is 0. The zero-order valence-corrected chi connectivity index (χ0v) is 10.9. The van der Waals surface area contributed by atoms with Gasteiger partial charge in [-0.2, -0.15) is 0 Å². The van der Waals surface area contributed by atoms with E-state index in [2.05, 4.69) is 0 Å². The molecular formula is AlLaNdO3+3. The molecule has 0 aliphatic heterocycles. The molecule has 0 amide bonds. The van der Waals surface area contributed by atoms with E-state index in [0.717, 1.165) is 0 Å². The zero-order chi connectivity index (χ0) is 0. The van der Waals surface area contributed by atoms with Crippen molar-refractivity contribution >= 4 is 17.4 Å². The molecule has 0 aliphatic carbocycles. The topological polar surface area (TPSA) is 85.5 Å². The van der Waals surface area contributed by atoms with Crippen molar-refractivity contribution in [2.24, 2.45) is 0 Å². The van der Waals surface area contributed by atoms with Gasteiger partial charge in [0.05, 0.1) is 0 Å². The molecule has 0 atom stereocenters. The molecule has 0 aromatic rings. The van der Waals surface area contributed by atoms with Gasteiger partial charge in [-0.1, -0.05) is 0 Å². The second-order valence-electron chi connectivity index (χ2n) is 0. The summed E-state index contributed by atoms with van der Waals surface area (Å²) < 4.78 is 0. The number of hydrogen-bond acceptors (Lipinski definition) is 0. The third kappa shape index (κ3) is 28.2. The predicted molar refractivity (Wildman–Crippen MR) is 7.81 cm³/mol. The van der Waals surface area contributed by atoms with Crippen LogP contribution in [0.1, 0.15) is 0 Å². The summed E-state index contributed by atoms with van der Waals surface area (Å²) in [7, 11) is 0. The average Bonchev–Trinajstić information content (AvgIpc) is 0. The Morgan fingerprint density at radius 2 is 0.667 bits per heavy atom. The van der Waals surface area contributed by atoms with E-state index in [1.54, 1.807) is 0 Å². The van der Waals surface area contributed by atoms with E-state index in [4.69, 9.17) is 0 Å². The van der Waals surface area contributed by atoms with Crippen LogP contribution < -0.4 is 0 Å². The van der Waals surface area contributed by atoms with Crippen molar-refractivity contribution in [3.63, 3.8) is 0 Å². The van der Waals surface area contributed by atoms with Crippen LogP contribution in [0.15, 0.2) is 0 Å². The molecule has 0 spiro atoms. The molecule has 0 N–H and O–H groups in total. The maximum absolute atomic E-state index is 0. The van der Waals surface area contributed by atoms with Crippen molar-refractivity contribution in [2.75, 3.05) is 0 Å². The minimum atomic E-state index is 0. The minimum absolute atomic E-state index is 0. The normalized spacial score (nSPS) is 0. The van der Waals surface area contributed by atoms with Crippen molar-refractivity contribution in [1.29, 1.82) is 0 Å². The molecule has 3 nitrogen and oxygen atoms in total. The standard InChI is InChI=1S/Al.La.Nd.3O/q3*+3;3*-2. The van der Waals surface area contributed by atoms with Gasteiger partial charge in [-0.25, -0.2) is 0 Å². The van der Waals surface area contributed by atoms with Crippen LogP contribution in [0.4, 0.5) is 0 Å². The predicted octanol–water partition coefficient (Wildman–Crippen LogP) is -0.737. The second-order valence-corrected chi connectivity index (χ2v) is 0. The first kappa shape index (κ1) is 64.8. The van der Waals surface area contributed by atoms with Crippen LogP contribution in [-0.2, 0) is 16.4 Å². The maximum Gasteiger partial charge on any atom is 3.00 e. The first-order valence-corrected chi connectivity index (χ1v) is 0. The Morgan fingerprint density at radius 3 is 0.667 bits per heavy atom. The summed E-state index contributed by atoms with van der Waals surface area (Å²) in [5, 5.41) is 0. The summed E-state index contributed by atoms with van der Waals surface area (Å²) in [5.74, 6) is 0. The molecule has 1 radical (unpaired) electrons. The molecule has 0 unspecified atom stereocenters. The summed E-state index contributed by atoms with van der Waals surface area (Å²) >= 11 is 0. The molecule has 0 fully saturated rings. The first-order chi connectivity index (χ1) is 0. The fourth-order valence-electron chi connectivity index (χ4n) is 0. The quantitative estimate of drug-likeness (QED) is 0.511. The van der Waals surface area contributed by atoms with Crippen LogP contribution in [0.25, 0.3) is 0 Å². The summed E-state index contributed by atoms with van der Waals surface area (Å²) in [6, 6.07) is 0. The third-order valence-electron chi connectivity index (χ3n) is 0. The molecule has 0 rings (SSSR count). The van der Waals surface area contributed by atoms with E-state index in [1.165, 1.54) is 0 Å². The van der Waals surface area contributed by atoms with Gasteiger partial charge < -0.3 is 16.4 Å². The molecule has 0 aliphatic rings. The number of rotatable bonds is 0. The molecule has 0 aromatic heterocycles. The average molecular weight is 358 g/mol. The van der Waals surface area contributed by atoms with Crippen molar-refractivity contribution in [3.05, 3.63) is 0 Å². The second kappa shape index (κ2) is 44.0. The third-order valence-corrected chi connectivity index (χ3v) is 0. The van der Waals surface area contributed by atoms with Gasteiger partial charge in [-0.15, -0.1) is 0 Å². The molecule has 6 heavy (non-hydrogen) atoms. The van der Waals surface area contributed by atoms with Gasteiger partial charge in [0.25, 0.3) is 0 Å². The molecule has 0 heterocycles.